The van der Waals surface area contributed by atoms with Crippen LogP contribution in [0, 0.1) is 33.3 Å². The Balaban J connectivity index is 1.26. The molecule has 12 nitrogen and oxygen atoms in total. The topological polar surface area (TPSA) is 157 Å². The van der Waals surface area contributed by atoms with Crippen molar-refractivity contribution in [3.8, 4) is 0 Å². The molecule has 1 unspecified atom stereocenters. The summed E-state index contributed by atoms with van der Waals surface area (Å²) in [6, 6.07) is 8.72. The average molecular weight is 611 g/mol. The molecule has 3 saturated carbocycles. The van der Waals surface area contributed by atoms with Crippen LogP contribution in [-0.2, 0) is 18.9 Å². The molecule has 2 saturated heterocycles. The number of hydrogen-bond acceptors (Lipinski definition) is 8. The Bertz CT molecular complexity index is 1260. The largest absolute Gasteiger partial charge is 0.481 e. The summed E-state index contributed by atoms with van der Waals surface area (Å²) >= 11 is 0. The van der Waals surface area contributed by atoms with Crippen molar-refractivity contribution < 1.29 is 23.9 Å². The van der Waals surface area contributed by atoms with Crippen molar-refractivity contribution in [3.05, 3.63) is 51.6 Å². The summed E-state index contributed by atoms with van der Waals surface area (Å²) in [5.74, 6) is 0.287. The van der Waals surface area contributed by atoms with E-state index in [1.165, 1.54) is 0 Å². The van der Waals surface area contributed by atoms with E-state index >= 15 is 0 Å². The maximum absolute atomic E-state index is 13.9. The first-order chi connectivity index (χ1) is 20.8. The van der Waals surface area contributed by atoms with Gasteiger partial charge in [0.05, 0.1) is 17.6 Å². The van der Waals surface area contributed by atoms with Gasteiger partial charge in [-0.15, -0.1) is 5.43 Å². The zero-order valence-electron chi connectivity index (χ0n) is 26.7. The fourth-order valence-corrected chi connectivity index (χ4v) is 7.42. The van der Waals surface area contributed by atoms with Gasteiger partial charge in [-0.3, -0.25) is 14.9 Å². The highest BCUT2D eigenvalue weighted by molar-refractivity contribution is 6.48. The van der Waals surface area contributed by atoms with Crippen LogP contribution in [0.25, 0.3) is 6.08 Å². The zero-order chi connectivity index (χ0) is 31.8. The molecule has 2 aliphatic heterocycles. The van der Waals surface area contributed by atoms with Crippen molar-refractivity contribution >= 4 is 25.0 Å². The molecule has 6 rings (SSSR count). The Labute approximate surface area is 260 Å². The second-order valence-electron chi connectivity index (χ2n) is 14.1. The van der Waals surface area contributed by atoms with Crippen LogP contribution >= 0.6 is 0 Å². The van der Waals surface area contributed by atoms with E-state index in [-0.39, 0.29) is 35.2 Å². The Kier molecular flexibility index (Phi) is 9.41. The quantitative estimate of drug-likeness (QED) is 0.0621. The van der Waals surface area contributed by atoms with Crippen molar-refractivity contribution in [1.82, 2.24) is 26.5 Å². The third-order valence-corrected chi connectivity index (χ3v) is 10.1. The van der Waals surface area contributed by atoms with E-state index in [0.29, 0.717) is 43.2 Å². The minimum atomic E-state index is -0.817. The smallest absolute Gasteiger partial charge is 0.404 e. The van der Waals surface area contributed by atoms with Crippen LogP contribution < -0.4 is 21.4 Å². The molecule has 7 atom stereocenters. The van der Waals surface area contributed by atoms with Crippen molar-refractivity contribution in [2.24, 2.45) is 23.2 Å². The highest BCUT2D eigenvalue weighted by Crippen LogP contribution is 2.65. The summed E-state index contributed by atoms with van der Waals surface area (Å²) < 4.78 is 13.3. The summed E-state index contributed by atoms with van der Waals surface area (Å²) in [4.78, 5) is 38.0. The number of nitro groups is 1. The number of carbonyl (C=O) groups excluding carboxylic acids is 2. The molecule has 1 aromatic carbocycles. The molecule has 0 spiro atoms. The SMILES string of the molecule is C/C(=C\c1ccccc1)C(=O)N[C@@H](CCCNC1NN1[N+](=O)[O-])C(=O)N[C@@H](CC(C)C)B1O[C@@H]2C[C@@H]3C[C@@H](C3(C)C)[C@]2(C)O1. The van der Waals surface area contributed by atoms with E-state index < -0.39 is 30.1 Å². The predicted molar refractivity (Wildman–Crippen MR) is 167 cm³/mol. The van der Waals surface area contributed by atoms with Crippen LogP contribution in [0.3, 0.4) is 0 Å². The lowest BCUT2D eigenvalue weighted by molar-refractivity contribution is -0.627. The minimum absolute atomic E-state index is 0.00190. The number of carbonyl (C=O) groups is 2. The van der Waals surface area contributed by atoms with Crippen molar-refractivity contribution in [3.63, 3.8) is 0 Å². The molecule has 0 aromatic heterocycles. The number of amides is 2. The highest BCUT2D eigenvalue weighted by atomic mass is 16.7. The molecule has 2 amide bonds. The van der Waals surface area contributed by atoms with Crippen molar-refractivity contribution in [1.29, 1.82) is 0 Å². The molecule has 44 heavy (non-hydrogen) atoms. The molecule has 2 heterocycles. The van der Waals surface area contributed by atoms with Gasteiger partial charge in [0.25, 0.3) is 0 Å². The van der Waals surface area contributed by atoms with E-state index in [9.17, 15) is 19.7 Å². The Morgan fingerprint density at radius 1 is 1.20 bits per heavy atom. The molecule has 5 fully saturated rings. The van der Waals surface area contributed by atoms with Gasteiger partial charge in [-0.2, -0.15) is 0 Å². The molecule has 240 valence electrons. The number of hydrazine groups is 2. The second kappa shape index (κ2) is 12.8. The number of benzene rings is 1. The molecular weight excluding hydrogens is 563 g/mol. The number of hydrogen-bond donors (Lipinski definition) is 4. The lowest BCUT2D eigenvalue weighted by Crippen LogP contribution is -2.65. The molecule has 0 radical (unpaired) electrons. The maximum Gasteiger partial charge on any atom is 0.481 e. The highest BCUT2D eigenvalue weighted by Gasteiger charge is 2.68. The van der Waals surface area contributed by atoms with Gasteiger partial charge in [-0.1, -0.05) is 58.0 Å². The summed E-state index contributed by atoms with van der Waals surface area (Å²) in [6.45, 7) is 13.2. The third kappa shape index (κ3) is 6.80. The van der Waals surface area contributed by atoms with Crippen LogP contribution in [0.5, 0.6) is 0 Å². The summed E-state index contributed by atoms with van der Waals surface area (Å²) in [5.41, 5.74) is 3.79. The first kappa shape index (κ1) is 32.4. The lowest BCUT2D eigenvalue weighted by atomic mass is 9.43. The number of rotatable bonds is 14. The van der Waals surface area contributed by atoms with Crippen LogP contribution in [0.1, 0.15) is 79.2 Å². The van der Waals surface area contributed by atoms with Crippen LogP contribution in [0.4, 0.5) is 0 Å². The molecule has 1 aromatic rings. The summed E-state index contributed by atoms with van der Waals surface area (Å²) in [5, 5.41) is 20.4. The molecular formula is C31H47BN6O6. The molecule has 13 heteroatoms. The van der Waals surface area contributed by atoms with Gasteiger partial charge in [0.1, 0.15) is 6.04 Å². The van der Waals surface area contributed by atoms with Gasteiger partial charge in [0, 0.05) is 5.57 Å². The standard InChI is InChI=1S/C31H47BN6O6/c1-19(2)15-26(32-43-25-18-22-17-24(30(22,4)5)31(25,6)44-32)35-28(40)23(13-10-14-33-29-36-37(29)38(41)42)34-27(39)20(3)16-21-11-8-7-9-12-21/h7-9,11-12,16,19,22-26,29,33,36H,10,13-15,17-18H2,1-6H3,(H,34,39)(H,35,40)/b20-16+/t22-,23-,24-,25+,26-,29?,31-,37?/m0/s1. The van der Waals surface area contributed by atoms with Crippen LogP contribution in [-0.4, -0.2) is 65.6 Å². The molecule has 3 aliphatic carbocycles. The van der Waals surface area contributed by atoms with Crippen molar-refractivity contribution in [2.45, 2.75) is 104 Å². The van der Waals surface area contributed by atoms with Gasteiger partial charge in [0.15, 0.2) is 5.03 Å². The molecule has 4 N–H and O–H groups in total. The van der Waals surface area contributed by atoms with E-state index in [4.69, 9.17) is 9.31 Å². The van der Waals surface area contributed by atoms with Crippen LogP contribution in [0.2, 0.25) is 0 Å². The van der Waals surface area contributed by atoms with Gasteiger partial charge < -0.3 is 19.9 Å². The first-order valence-electron chi connectivity index (χ1n) is 15.9. The van der Waals surface area contributed by atoms with E-state index in [1.807, 2.05) is 30.3 Å². The third-order valence-electron chi connectivity index (χ3n) is 10.1. The van der Waals surface area contributed by atoms with Crippen molar-refractivity contribution in [2.75, 3.05) is 6.54 Å². The number of nitrogens with one attached hydrogen (secondary N) is 4. The Morgan fingerprint density at radius 3 is 2.57 bits per heavy atom. The van der Waals surface area contributed by atoms with Gasteiger partial charge in [-0.05, 0) is 92.4 Å². The molecule has 5 aliphatic rings. The van der Waals surface area contributed by atoms with E-state index in [2.05, 4.69) is 56.0 Å². The van der Waals surface area contributed by atoms with Gasteiger partial charge in [-0.25, -0.2) is 10.1 Å². The second-order valence-corrected chi connectivity index (χ2v) is 14.1. The van der Waals surface area contributed by atoms with E-state index in [1.54, 1.807) is 13.0 Å². The number of nitrogens with zero attached hydrogens (tertiary/aromatic N) is 2. The fourth-order valence-electron chi connectivity index (χ4n) is 7.42. The van der Waals surface area contributed by atoms with Gasteiger partial charge in [0.2, 0.25) is 18.1 Å². The fraction of sp³-hybridized carbons (Fsp3) is 0.677. The Hall–Kier alpha value is -3.00. The predicted octanol–water partition coefficient (Wildman–Crippen LogP) is 3.04. The first-order valence-corrected chi connectivity index (χ1v) is 15.9. The monoisotopic (exact) mass is 610 g/mol. The average Bonchev–Trinajstić information content (AvgIpc) is 3.65. The maximum atomic E-state index is 13.9. The minimum Gasteiger partial charge on any atom is -0.404 e. The molecule has 2 bridgehead atoms. The van der Waals surface area contributed by atoms with E-state index in [0.717, 1.165) is 23.5 Å². The zero-order valence-corrected chi connectivity index (χ0v) is 26.7. The Morgan fingerprint density at radius 2 is 1.93 bits per heavy atom. The summed E-state index contributed by atoms with van der Waals surface area (Å²) in [7, 11) is -0.571. The normalized spacial score (nSPS) is 29.8. The van der Waals surface area contributed by atoms with Crippen LogP contribution in [0.15, 0.2) is 35.9 Å². The summed E-state index contributed by atoms with van der Waals surface area (Å²) in [6.07, 6.45) is 4.85. The lowest BCUT2D eigenvalue weighted by Gasteiger charge is -2.64. The van der Waals surface area contributed by atoms with Gasteiger partial charge >= 0.3 is 7.12 Å².